The Morgan fingerprint density at radius 1 is 1.25 bits per heavy atom. The minimum atomic E-state index is -4.30. The normalized spacial score (nSPS) is 18.0. The third-order valence-electron chi connectivity index (χ3n) is 4.07. The van der Waals surface area contributed by atoms with Gasteiger partial charge < -0.3 is 4.57 Å². The van der Waals surface area contributed by atoms with E-state index in [1.807, 2.05) is 4.90 Å². The molecule has 1 atom stereocenters. The first-order chi connectivity index (χ1) is 11.3. The van der Waals surface area contributed by atoms with Crippen LogP contribution in [0.2, 0.25) is 0 Å². The highest BCUT2D eigenvalue weighted by Crippen LogP contribution is 2.40. The molecule has 5 nitrogen and oxygen atoms in total. The molecule has 1 unspecified atom stereocenters. The molecule has 2 aromatic rings. The van der Waals surface area contributed by atoms with Gasteiger partial charge in [0, 0.05) is 13.1 Å². The van der Waals surface area contributed by atoms with Crippen LogP contribution in [0.25, 0.3) is 0 Å². The lowest BCUT2D eigenvalue weighted by Crippen LogP contribution is -2.29. The molecular weight excluding hydrogens is 326 g/mol. The van der Waals surface area contributed by atoms with Crippen molar-refractivity contribution in [1.82, 2.24) is 24.6 Å². The van der Waals surface area contributed by atoms with Crippen molar-refractivity contribution in [2.75, 3.05) is 7.05 Å². The molecule has 0 fully saturated rings. The van der Waals surface area contributed by atoms with E-state index < -0.39 is 17.9 Å². The maximum absolute atomic E-state index is 13.1. The highest BCUT2D eigenvalue weighted by Gasteiger charge is 2.45. The van der Waals surface area contributed by atoms with Crippen LogP contribution in [0.15, 0.2) is 18.3 Å². The van der Waals surface area contributed by atoms with Gasteiger partial charge in [0.1, 0.15) is 23.4 Å². The van der Waals surface area contributed by atoms with Gasteiger partial charge in [-0.05, 0) is 32.0 Å². The zero-order valence-electron chi connectivity index (χ0n) is 13.1. The minimum Gasteiger partial charge on any atom is -0.313 e. The van der Waals surface area contributed by atoms with Crippen LogP contribution in [0.4, 0.5) is 17.6 Å². The van der Waals surface area contributed by atoms with Gasteiger partial charge in [-0.25, -0.2) is 4.39 Å². The Hall–Kier alpha value is -2.03. The monoisotopic (exact) mass is 343 g/mol. The van der Waals surface area contributed by atoms with E-state index in [-0.39, 0.29) is 12.2 Å². The number of nitrogens with zero attached hydrogens (tertiary/aromatic N) is 5. The molecule has 3 heterocycles. The number of pyridine rings is 1. The SMILES string of the molecule is CN(Cc1ccc(F)cn1)Cc1nnc2n1CCCC2C(F)(F)F. The highest BCUT2D eigenvalue weighted by atomic mass is 19.4. The molecule has 9 heteroatoms. The Labute approximate surface area is 136 Å². The van der Waals surface area contributed by atoms with E-state index in [4.69, 9.17) is 0 Å². The van der Waals surface area contributed by atoms with Gasteiger partial charge in [0.15, 0.2) is 0 Å². The van der Waals surface area contributed by atoms with Gasteiger partial charge >= 0.3 is 6.18 Å². The second-order valence-electron chi connectivity index (χ2n) is 6.00. The molecule has 1 aliphatic rings. The number of rotatable bonds is 4. The second-order valence-corrected chi connectivity index (χ2v) is 6.00. The van der Waals surface area contributed by atoms with Gasteiger partial charge in [0.05, 0.1) is 18.4 Å². The molecule has 0 amide bonds. The Kier molecular flexibility index (Phi) is 4.53. The van der Waals surface area contributed by atoms with E-state index >= 15 is 0 Å². The number of aromatic nitrogens is 4. The molecule has 2 aromatic heterocycles. The summed E-state index contributed by atoms with van der Waals surface area (Å²) >= 11 is 0. The average Bonchev–Trinajstić information content (AvgIpc) is 2.91. The van der Waals surface area contributed by atoms with Crippen LogP contribution in [0.1, 0.15) is 36.1 Å². The summed E-state index contributed by atoms with van der Waals surface area (Å²) in [6.45, 7) is 1.27. The van der Waals surface area contributed by atoms with Gasteiger partial charge in [0.25, 0.3) is 0 Å². The summed E-state index contributed by atoms with van der Waals surface area (Å²) in [4.78, 5) is 5.83. The molecule has 0 saturated carbocycles. The van der Waals surface area contributed by atoms with E-state index in [1.165, 1.54) is 6.07 Å². The Morgan fingerprint density at radius 3 is 2.71 bits per heavy atom. The summed E-state index contributed by atoms with van der Waals surface area (Å²) in [6, 6.07) is 2.90. The smallest absolute Gasteiger partial charge is 0.313 e. The fourth-order valence-corrected chi connectivity index (χ4v) is 2.93. The Balaban J connectivity index is 1.72. The molecule has 24 heavy (non-hydrogen) atoms. The molecule has 1 aliphatic heterocycles. The number of fused-ring (bicyclic) bond motifs is 1. The van der Waals surface area contributed by atoms with Crippen molar-refractivity contribution in [2.24, 2.45) is 0 Å². The molecule has 0 aromatic carbocycles. The Bertz CT molecular complexity index is 695. The van der Waals surface area contributed by atoms with Crippen LogP contribution in [-0.4, -0.2) is 37.9 Å². The van der Waals surface area contributed by atoms with Crippen LogP contribution in [-0.2, 0) is 19.6 Å². The molecule has 0 spiro atoms. The van der Waals surface area contributed by atoms with Crippen molar-refractivity contribution in [3.05, 3.63) is 41.5 Å². The van der Waals surface area contributed by atoms with E-state index in [9.17, 15) is 17.6 Å². The lowest BCUT2D eigenvalue weighted by atomic mass is 9.98. The molecule has 0 N–H and O–H groups in total. The average molecular weight is 343 g/mol. The lowest BCUT2D eigenvalue weighted by Gasteiger charge is -2.26. The van der Waals surface area contributed by atoms with Crippen molar-refractivity contribution in [1.29, 1.82) is 0 Å². The summed E-state index contributed by atoms with van der Waals surface area (Å²) < 4.78 is 53.7. The molecular formula is C15H17F4N5. The molecule has 0 aliphatic carbocycles. The number of hydrogen-bond donors (Lipinski definition) is 0. The summed E-state index contributed by atoms with van der Waals surface area (Å²) in [5.74, 6) is -1.46. The number of hydrogen-bond acceptors (Lipinski definition) is 4. The fraction of sp³-hybridized carbons (Fsp3) is 0.533. The highest BCUT2D eigenvalue weighted by molar-refractivity contribution is 5.09. The molecule has 0 radical (unpaired) electrons. The Morgan fingerprint density at radius 2 is 2.04 bits per heavy atom. The zero-order valence-corrected chi connectivity index (χ0v) is 13.1. The third kappa shape index (κ3) is 3.55. The third-order valence-corrected chi connectivity index (χ3v) is 4.07. The number of alkyl halides is 3. The lowest BCUT2D eigenvalue weighted by molar-refractivity contribution is -0.156. The summed E-state index contributed by atoms with van der Waals surface area (Å²) in [5.41, 5.74) is 0.672. The van der Waals surface area contributed by atoms with Crippen molar-refractivity contribution < 1.29 is 17.6 Å². The topological polar surface area (TPSA) is 46.8 Å². The van der Waals surface area contributed by atoms with Gasteiger partial charge in [-0.2, -0.15) is 13.2 Å². The maximum Gasteiger partial charge on any atom is 0.398 e. The molecule has 0 saturated heterocycles. The van der Waals surface area contributed by atoms with Crippen LogP contribution >= 0.6 is 0 Å². The molecule has 3 rings (SSSR count). The van der Waals surface area contributed by atoms with Gasteiger partial charge in [-0.3, -0.25) is 9.88 Å². The zero-order chi connectivity index (χ0) is 17.3. The van der Waals surface area contributed by atoms with Gasteiger partial charge in [-0.1, -0.05) is 0 Å². The van der Waals surface area contributed by atoms with Crippen molar-refractivity contribution in [3.8, 4) is 0 Å². The van der Waals surface area contributed by atoms with E-state index in [0.29, 0.717) is 37.6 Å². The minimum absolute atomic E-state index is 0.00272. The predicted molar refractivity (Wildman–Crippen MR) is 77.4 cm³/mol. The number of halogens is 4. The summed E-state index contributed by atoms with van der Waals surface area (Å²) in [6.07, 6.45) is -2.66. The predicted octanol–water partition coefficient (Wildman–Crippen LogP) is 2.88. The van der Waals surface area contributed by atoms with Gasteiger partial charge in [0.2, 0.25) is 0 Å². The van der Waals surface area contributed by atoms with E-state index in [1.54, 1.807) is 17.7 Å². The molecule has 130 valence electrons. The van der Waals surface area contributed by atoms with Crippen LogP contribution in [0.3, 0.4) is 0 Å². The van der Waals surface area contributed by atoms with Crippen molar-refractivity contribution >= 4 is 0 Å². The quantitative estimate of drug-likeness (QED) is 0.801. The van der Waals surface area contributed by atoms with E-state index in [0.717, 1.165) is 6.20 Å². The fourth-order valence-electron chi connectivity index (χ4n) is 2.93. The van der Waals surface area contributed by atoms with Crippen LogP contribution in [0, 0.1) is 5.82 Å². The standard InChI is InChI=1S/C15H17F4N5/c1-23(8-11-5-4-10(16)7-20-11)9-13-21-22-14-12(15(17,18)19)3-2-6-24(13)14/h4-5,7,12H,2-3,6,8-9H2,1H3. The van der Waals surface area contributed by atoms with E-state index in [2.05, 4.69) is 15.2 Å². The first-order valence-corrected chi connectivity index (χ1v) is 7.62. The van der Waals surface area contributed by atoms with Crippen molar-refractivity contribution in [3.63, 3.8) is 0 Å². The first-order valence-electron chi connectivity index (χ1n) is 7.62. The van der Waals surface area contributed by atoms with Crippen LogP contribution < -0.4 is 0 Å². The van der Waals surface area contributed by atoms with Crippen LogP contribution in [0.5, 0.6) is 0 Å². The van der Waals surface area contributed by atoms with Gasteiger partial charge in [-0.15, -0.1) is 10.2 Å². The maximum atomic E-state index is 13.1. The second kappa shape index (κ2) is 6.46. The molecule has 0 bridgehead atoms. The largest absolute Gasteiger partial charge is 0.398 e. The summed E-state index contributed by atoms with van der Waals surface area (Å²) in [5, 5.41) is 7.73. The summed E-state index contributed by atoms with van der Waals surface area (Å²) in [7, 11) is 1.80. The first kappa shape index (κ1) is 16.8. The van der Waals surface area contributed by atoms with Crippen molar-refractivity contribution in [2.45, 2.75) is 44.6 Å².